The first-order chi connectivity index (χ1) is 10.3. The summed E-state index contributed by atoms with van der Waals surface area (Å²) in [5, 5.41) is 3.16. The van der Waals surface area contributed by atoms with Crippen LogP contribution in [0.2, 0.25) is 0 Å². The summed E-state index contributed by atoms with van der Waals surface area (Å²) in [5.41, 5.74) is 5.74. The van der Waals surface area contributed by atoms with Gasteiger partial charge >= 0.3 is 0 Å². The summed E-state index contributed by atoms with van der Waals surface area (Å²) >= 11 is 0. The Morgan fingerprint density at radius 1 is 1.17 bits per heavy atom. The minimum absolute atomic E-state index is 0. The molecule has 5 nitrogen and oxygen atoms in total. The van der Waals surface area contributed by atoms with Gasteiger partial charge in [-0.15, -0.1) is 12.4 Å². The molecule has 0 aromatic heterocycles. The molecule has 2 rings (SSSR count). The average Bonchev–Trinajstić information content (AvgIpc) is 3.04. The van der Waals surface area contributed by atoms with Crippen molar-refractivity contribution in [1.82, 2.24) is 10.2 Å². The van der Waals surface area contributed by atoms with Gasteiger partial charge in [-0.05, 0) is 43.6 Å². The number of carbonyl (C=O) groups is 2. The summed E-state index contributed by atoms with van der Waals surface area (Å²) in [6, 6.07) is -0.0912. The van der Waals surface area contributed by atoms with Crippen molar-refractivity contribution in [3.05, 3.63) is 0 Å². The zero-order valence-corrected chi connectivity index (χ0v) is 15.5. The average molecular weight is 346 g/mol. The molecule has 1 saturated heterocycles. The van der Waals surface area contributed by atoms with Gasteiger partial charge in [0, 0.05) is 19.0 Å². The van der Waals surface area contributed by atoms with Gasteiger partial charge in [-0.1, -0.05) is 27.2 Å². The molecule has 6 heteroatoms. The van der Waals surface area contributed by atoms with Crippen molar-refractivity contribution in [3.8, 4) is 0 Å². The van der Waals surface area contributed by atoms with Crippen molar-refractivity contribution < 1.29 is 9.59 Å². The Morgan fingerprint density at radius 2 is 1.87 bits per heavy atom. The smallest absolute Gasteiger partial charge is 0.243 e. The van der Waals surface area contributed by atoms with Crippen LogP contribution in [0.1, 0.15) is 59.3 Å². The van der Waals surface area contributed by atoms with Crippen LogP contribution in [0.4, 0.5) is 0 Å². The lowest BCUT2D eigenvalue weighted by molar-refractivity contribution is -0.140. The maximum absolute atomic E-state index is 12.6. The van der Waals surface area contributed by atoms with Crippen LogP contribution >= 0.6 is 12.4 Å². The molecule has 2 fully saturated rings. The number of rotatable bonds is 4. The molecule has 134 valence electrons. The minimum atomic E-state index is -0.283. The van der Waals surface area contributed by atoms with E-state index in [0.29, 0.717) is 25.4 Å². The third-order valence-corrected chi connectivity index (χ3v) is 4.85. The standard InChI is InChI=1S/C17H31N3O2.ClH/c1-17(2,3)10-15(21)20-9-5-8-14(20)16(22)19-13-7-4-6-12(13)11-18;/h12-14H,4-11,18H2,1-3H3,(H,19,22);1H. The molecule has 0 spiro atoms. The zero-order valence-electron chi connectivity index (χ0n) is 14.6. The summed E-state index contributed by atoms with van der Waals surface area (Å²) in [5.74, 6) is 0.515. The fraction of sp³-hybridized carbons (Fsp3) is 0.882. The molecule has 0 aromatic rings. The van der Waals surface area contributed by atoms with Crippen molar-refractivity contribution in [1.29, 1.82) is 0 Å². The van der Waals surface area contributed by atoms with Gasteiger partial charge in [0.2, 0.25) is 11.8 Å². The van der Waals surface area contributed by atoms with Crippen LogP contribution in [0.15, 0.2) is 0 Å². The van der Waals surface area contributed by atoms with Gasteiger partial charge in [0.15, 0.2) is 0 Å². The van der Waals surface area contributed by atoms with E-state index in [2.05, 4.69) is 26.1 Å². The number of amides is 2. The van der Waals surface area contributed by atoms with Crippen LogP contribution in [0, 0.1) is 11.3 Å². The number of hydrogen-bond acceptors (Lipinski definition) is 3. The molecule has 23 heavy (non-hydrogen) atoms. The highest BCUT2D eigenvalue weighted by molar-refractivity contribution is 5.88. The Hall–Kier alpha value is -0.810. The van der Waals surface area contributed by atoms with E-state index in [1.165, 1.54) is 0 Å². The molecule has 0 radical (unpaired) electrons. The number of nitrogens with two attached hydrogens (primary N) is 1. The van der Waals surface area contributed by atoms with Crippen molar-refractivity contribution in [2.24, 2.45) is 17.1 Å². The molecular weight excluding hydrogens is 314 g/mol. The number of nitrogens with one attached hydrogen (secondary N) is 1. The Bertz CT molecular complexity index is 423. The van der Waals surface area contributed by atoms with E-state index < -0.39 is 0 Å². The third-order valence-electron chi connectivity index (χ3n) is 4.85. The molecular formula is C17H32ClN3O2. The lowest BCUT2D eigenvalue weighted by atomic mass is 9.91. The highest BCUT2D eigenvalue weighted by Crippen LogP contribution is 2.27. The second kappa shape index (κ2) is 8.34. The topological polar surface area (TPSA) is 75.4 Å². The Kier molecular flexibility index (Phi) is 7.33. The lowest BCUT2D eigenvalue weighted by Gasteiger charge is -2.29. The predicted octanol–water partition coefficient (Wildman–Crippen LogP) is 2.08. The Balaban J connectivity index is 0.00000264. The fourth-order valence-electron chi connectivity index (χ4n) is 3.68. The fourth-order valence-corrected chi connectivity index (χ4v) is 3.68. The van der Waals surface area contributed by atoms with Gasteiger partial charge in [-0.25, -0.2) is 0 Å². The summed E-state index contributed by atoms with van der Waals surface area (Å²) in [7, 11) is 0. The Labute approximate surface area is 146 Å². The number of hydrogen-bond donors (Lipinski definition) is 2. The van der Waals surface area contributed by atoms with E-state index in [1.54, 1.807) is 4.90 Å². The van der Waals surface area contributed by atoms with E-state index in [-0.39, 0.29) is 41.7 Å². The van der Waals surface area contributed by atoms with Gasteiger partial charge in [0.05, 0.1) is 0 Å². The molecule has 2 aliphatic rings. The summed E-state index contributed by atoms with van der Waals surface area (Å²) in [6.45, 7) is 7.50. The van der Waals surface area contributed by atoms with Crippen LogP contribution in [0.25, 0.3) is 0 Å². The normalized spacial score (nSPS) is 27.7. The van der Waals surface area contributed by atoms with Gasteiger partial charge < -0.3 is 16.0 Å². The molecule has 3 unspecified atom stereocenters. The van der Waals surface area contributed by atoms with E-state index in [4.69, 9.17) is 5.73 Å². The Morgan fingerprint density at radius 3 is 2.48 bits per heavy atom. The first-order valence-electron chi connectivity index (χ1n) is 8.62. The molecule has 1 aliphatic carbocycles. The van der Waals surface area contributed by atoms with Gasteiger partial charge in [-0.3, -0.25) is 9.59 Å². The molecule has 1 aliphatic heterocycles. The van der Waals surface area contributed by atoms with Crippen molar-refractivity contribution in [2.75, 3.05) is 13.1 Å². The monoisotopic (exact) mass is 345 g/mol. The van der Waals surface area contributed by atoms with E-state index in [1.807, 2.05) is 0 Å². The van der Waals surface area contributed by atoms with E-state index in [9.17, 15) is 9.59 Å². The highest BCUT2D eigenvalue weighted by Gasteiger charge is 2.37. The third kappa shape index (κ3) is 5.35. The minimum Gasteiger partial charge on any atom is -0.351 e. The molecule has 3 atom stereocenters. The number of carbonyl (C=O) groups excluding carboxylic acids is 2. The van der Waals surface area contributed by atoms with E-state index in [0.717, 1.165) is 32.1 Å². The molecule has 3 N–H and O–H groups in total. The van der Waals surface area contributed by atoms with Crippen molar-refractivity contribution in [3.63, 3.8) is 0 Å². The van der Waals surface area contributed by atoms with Crippen molar-refractivity contribution >= 4 is 24.2 Å². The maximum Gasteiger partial charge on any atom is 0.243 e. The van der Waals surface area contributed by atoms with Crippen LogP contribution in [0.5, 0.6) is 0 Å². The van der Waals surface area contributed by atoms with Gasteiger partial charge in [-0.2, -0.15) is 0 Å². The van der Waals surface area contributed by atoms with Crippen LogP contribution in [-0.2, 0) is 9.59 Å². The molecule has 1 saturated carbocycles. The van der Waals surface area contributed by atoms with Crippen molar-refractivity contribution in [2.45, 2.75) is 71.4 Å². The predicted molar refractivity (Wildman–Crippen MR) is 94.4 cm³/mol. The SMILES string of the molecule is CC(C)(C)CC(=O)N1CCCC1C(=O)NC1CCCC1CN.Cl. The maximum atomic E-state index is 12.6. The van der Waals surface area contributed by atoms with Crippen LogP contribution in [-0.4, -0.2) is 41.9 Å². The largest absolute Gasteiger partial charge is 0.351 e. The molecule has 1 heterocycles. The number of nitrogens with zero attached hydrogens (tertiary/aromatic N) is 1. The molecule has 2 amide bonds. The van der Waals surface area contributed by atoms with Crippen LogP contribution < -0.4 is 11.1 Å². The lowest BCUT2D eigenvalue weighted by Crippen LogP contribution is -2.50. The van der Waals surface area contributed by atoms with Gasteiger partial charge in [0.1, 0.15) is 6.04 Å². The summed E-state index contributed by atoms with van der Waals surface area (Å²) < 4.78 is 0. The highest BCUT2D eigenvalue weighted by atomic mass is 35.5. The van der Waals surface area contributed by atoms with Gasteiger partial charge in [0.25, 0.3) is 0 Å². The van der Waals surface area contributed by atoms with E-state index >= 15 is 0 Å². The second-order valence-corrected chi connectivity index (χ2v) is 8.02. The second-order valence-electron chi connectivity index (χ2n) is 8.02. The number of likely N-dealkylation sites (tertiary alicyclic amines) is 1. The quantitative estimate of drug-likeness (QED) is 0.819. The zero-order chi connectivity index (χ0) is 16.3. The summed E-state index contributed by atoms with van der Waals surface area (Å²) in [6.07, 6.45) is 5.42. The molecule has 0 aromatic carbocycles. The first-order valence-corrected chi connectivity index (χ1v) is 8.62. The summed E-state index contributed by atoms with van der Waals surface area (Å²) in [4.78, 5) is 26.8. The first kappa shape index (κ1) is 20.2. The van der Waals surface area contributed by atoms with Crippen LogP contribution in [0.3, 0.4) is 0 Å². The number of halogens is 1. The molecule has 0 bridgehead atoms.